The van der Waals surface area contributed by atoms with Crippen molar-refractivity contribution in [3.05, 3.63) is 131 Å². The Morgan fingerprint density at radius 3 is 2.06 bits per heavy atom. The SMILES string of the molecule is COC(=O)c1c2c(c3c(ccc4ccccc43)c1C)OC(c1ccccc1)(c1ccccc1)C=C2. The minimum absolute atomic E-state index is 0.367. The zero-order chi connectivity index (χ0) is 24.0. The molecule has 0 radical (unpaired) electrons. The maximum Gasteiger partial charge on any atom is 0.338 e. The molecule has 1 heterocycles. The summed E-state index contributed by atoms with van der Waals surface area (Å²) >= 11 is 0. The molecular weight excluding hydrogens is 432 g/mol. The number of rotatable bonds is 3. The molecule has 0 atom stereocenters. The molecule has 6 rings (SSSR count). The van der Waals surface area contributed by atoms with E-state index >= 15 is 0 Å². The summed E-state index contributed by atoms with van der Waals surface area (Å²) in [5, 5.41) is 4.19. The summed E-state index contributed by atoms with van der Waals surface area (Å²) in [6, 6.07) is 32.9. The number of fused-ring (bicyclic) bond motifs is 5. The van der Waals surface area contributed by atoms with E-state index in [2.05, 4.69) is 54.6 Å². The lowest BCUT2D eigenvalue weighted by Crippen LogP contribution is -2.34. The average molecular weight is 457 g/mol. The minimum atomic E-state index is -0.845. The van der Waals surface area contributed by atoms with Crippen molar-refractivity contribution in [1.82, 2.24) is 0 Å². The Balaban J connectivity index is 1.75. The number of ether oxygens (including phenoxy) is 2. The summed E-state index contributed by atoms with van der Waals surface area (Å²) < 4.78 is 12.3. The van der Waals surface area contributed by atoms with Crippen LogP contribution in [-0.2, 0) is 10.3 Å². The van der Waals surface area contributed by atoms with Gasteiger partial charge in [0.2, 0.25) is 0 Å². The number of esters is 1. The summed E-state index contributed by atoms with van der Waals surface area (Å²) in [5.41, 5.74) is 3.36. The van der Waals surface area contributed by atoms with Crippen LogP contribution in [0.2, 0.25) is 0 Å². The van der Waals surface area contributed by atoms with Crippen LogP contribution in [0.1, 0.15) is 32.6 Å². The number of aryl methyl sites for hydroxylation is 1. The molecule has 1 aliphatic heterocycles. The van der Waals surface area contributed by atoms with Crippen LogP contribution >= 0.6 is 0 Å². The predicted octanol–water partition coefficient (Wildman–Crippen LogP) is 7.44. The van der Waals surface area contributed by atoms with Crippen LogP contribution in [0.15, 0.2) is 103 Å². The first-order chi connectivity index (χ1) is 17.1. The van der Waals surface area contributed by atoms with E-state index in [1.807, 2.05) is 61.5 Å². The van der Waals surface area contributed by atoms with Crippen LogP contribution in [-0.4, -0.2) is 13.1 Å². The van der Waals surface area contributed by atoms with E-state index in [1.54, 1.807) is 0 Å². The summed E-state index contributed by atoms with van der Waals surface area (Å²) in [7, 11) is 1.42. The van der Waals surface area contributed by atoms with Crippen molar-refractivity contribution < 1.29 is 14.3 Å². The minimum Gasteiger partial charge on any atom is -0.472 e. The van der Waals surface area contributed by atoms with Gasteiger partial charge in [0.25, 0.3) is 0 Å². The highest BCUT2D eigenvalue weighted by atomic mass is 16.5. The van der Waals surface area contributed by atoms with E-state index in [0.717, 1.165) is 43.8 Å². The maximum atomic E-state index is 13.0. The highest BCUT2D eigenvalue weighted by molar-refractivity contribution is 6.16. The lowest BCUT2D eigenvalue weighted by molar-refractivity contribution is 0.0598. The molecule has 5 aromatic carbocycles. The van der Waals surface area contributed by atoms with Crippen LogP contribution in [0.4, 0.5) is 0 Å². The van der Waals surface area contributed by atoms with Crippen LogP contribution in [0.25, 0.3) is 27.6 Å². The quantitative estimate of drug-likeness (QED) is 0.209. The molecule has 0 saturated heterocycles. The fourth-order valence-electron chi connectivity index (χ4n) is 5.29. The first-order valence-electron chi connectivity index (χ1n) is 11.7. The van der Waals surface area contributed by atoms with Gasteiger partial charge in [0.1, 0.15) is 5.75 Å². The van der Waals surface area contributed by atoms with Gasteiger partial charge >= 0.3 is 5.97 Å². The van der Waals surface area contributed by atoms with E-state index in [9.17, 15) is 4.79 Å². The van der Waals surface area contributed by atoms with E-state index < -0.39 is 5.60 Å². The van der Waals surface area contributed by atoms with Gasteiger partial charge in [-0.3, -0.25) is 0 Å². The largest absolute Gasteiger partial charge is 0.472 e. The number of methoxy groups -OCH3 is 1. The van der Waals surface area contributed by atoms with Crippen LogP contribution < -0.4 is 4.74 Å². The molecular formula is C32H24O3. The van der Waals surface area contributed by atoms with E-state index in [0.29, 0.717) is 11.3 Å². The third-order valence-corrected chi connectivity index (χ3v) is 6.99. The lowest BCUT2D eigenvalue weighted by atomic mass is 9.81. The Kier molecular flexibility index (Phi) is 4.93. The Hall–Kier alpha value is -4.37. The fraction of sp³-hybridized carbons (Fsp3) is 0.0938. The second-order valence-electron chi connectivity index (χ2n) is 8.85. The van der Waals surface area contributed by atoms with Crippen molar-refractivity contribution in [2.75, 3.05) is 7.11 Å². The standard InChI is InChI=1S/C32H24O3/c1-21-25-18-17-22-11-9-10-16-26(22)29(25)30-27(28(21)31(33)34-2)19-20-32(35-30,23-12-5-3-6-13-23)24-14-7-4-8-15-24/h3-20H,1-2H3. The Morgan fingerprint density at radius 2 is 1.40 bits per heavy atom. The van der Waals surface area contributed by atoms with Gasteiger partial charge in [-0.25, -0.2) is 4.79 Å². The van der Waals surface area contributed by atoms with Gasteiger partial charge in [0.15, 0.2) is 5.60 Å². The van der Waals surface area contributed by atoms with Gasteiger partial charge < -0.3 is 9.47 Å². The third-order valence-electron chi connectivity index (χ3n) is 6.99. The second kappa shape index (κ2) is 8.14. The van der Waals surface area contributed by atoms with Crippen LogP contribution in [0.3, 0.4) is 0 Å². The number of carbonyl (C=O) groups is 1. The highest BCUT2D eigenvalue weighted by Crippen LogP contribution is 2.49. The topological polar surface area (TPSA) is 35.5 Å². The third kappa shape index (κ3) is 3.16. The van der Waals surface area contributed by atoms with Gasteiger partial charge in [-0.05, 0) is 40.8 Å². The van der Waals surface area contributed by atoms with Crippen molar-refractivity contribution in [2.45, 2.75) is 12.5 Å². The second-order valence-corrected chi connectivity index (χ2v) is 8.85. The molecule has 0 aromatic heterocycles. The number of benzene rings is 5. The summed E-state index contributed by atoms with van der Waals surface area (Å²) in [6.07, 6.45) is 4.09. The molecule has 0 fully saturated rings. The lowest BCUT2D eigenvalue weighted by Gasteiger charge is -2.37. The maximum absolute atomic E-state index is 13.0. The van der Waals surface area contributed by atoms with Crippen molar-refractivity contribution in [1.29, 1.82) is 0 Å². The first kappa shape index (κ1) is 21.2. The zero-order valence-corrected chi connectivity index (χ0v) is 19.6. The van der Waals surface area contributed by atoms with Gasteiger partial charge in [0, 0.05) is 22.1 Å². The molecule has 0 spiro atoms. The van der Waals surface area contributed by atoms with Gasteiger partial charge in [0.05, 0.1) is 12.7 Å². The normalized spacial score (nSPS) is 13.9. The molecule has 5 aromatic rings. The van der Waals surface area contributed by atoms with Crippen molar-refractivity contribution >= 4 is 33.6 Å². The molecule has 0 N–H and O–H groups in total. The van der Waals surface area contributed by atoms with Gasteiger partial charge in [-0.2, -0.15) is 0 Å². The van der Waals surface area contributed by atoms with Crippen LogP contribution in [0, 0.1) is 6.92 Å². The molecule has 170 valence electrons. The average Bonchev–Trinajstić information content (AvgIpc) is 2.93. The monoisotopic (exact) mass is 456 g/mol. The van der Waals surface area contributed by atoms with Crippen molar-refractivity contribution in [3.63, 3.8) is 0 Å². The predicted molar refractivity (Wildman–Crippen MR) is 141 cm³/mol. The number of carbonyl (C=O) groups excluding carboxylic acids is 1. The molecule has 0 unspecified atom stereocenters. The van der Waals surface area contributed by atoms with E-state index in [4.69, 9.17) is 9.47 Å². The van der Waals surface area contributed by atoms with E-state index in [1.165, 1.54) is 7.11 Å². The van der Waals surface area contributed by atoms with Crippen molar-refractivity contribution in [2.24, 2.45) is 0 Å². The Labute approximate surface area is 204 Å². The highest BCUT2D eigenvalue weighted by Gasteiger charge is 2.39. The molecule has 3 nitrogen and oxygen atoms in total. The first-order valence-corrected chi connectivity index (χ1v) is 11.7. The zero-order valence-electron chi connectivity index (χ0n) is 19.6. The smallest absolute Gasteiger partial charge is 0.338 e. The molecule has 3 heteroatoms. The Morgan fingerprint density at radius 1 is 0.771 bits per heavy atom. The number of hydrogen-bond acceptors (Lipinski definition) is 3. The summed E-state index contributed by atoms with van der Waals surface area (Å²) in [4.78, 5) is 13.0. The molecule has 35 heavy (non-hydrogen) atoms. The fourth-order valence-corrected chi connectivity index (χ4v) is 5.29. The van der Waals surface area contributed by atoms with Gasteiger partial charge in [-0.1, -0.05) is 97.1 Å². The molecule has 0 bridgehead atoms. The molecule has 0 saturated carbocycles. The summed E-state index contributed by atoms with van der Waals surface area (Å²) in [6.45, 7) is 1.98. The van der Waals surface area contributed by atoms with Gasteiger partial charge in [-0.15, -0.1) is 0 Å². The molecule has 0 aliphatic carbocycles. The van der Waals surface area contributed by atoms with E-state index in [-0.39, 0.29) is 5.97 Å². The number of hydrogen-bond donors (Lipinski definition) is 0. The Bertz CT molecular complexity index is 1580. The van der Waals surface area contributed by atoms with Crippen molar-refractivity contribution in [3.8, 4) is 5.75 Å². The molecule has 0 amide bonds. The molecule has 1 aliphatic rings. The summed E-state index contributed by atoms with van der Waals surface area (Å²) in [5.74, 6) is 0.326. The van der Waals surface area contributed by atoms with Crippen LogP contribution in [0.5, 0.6) is 5.75 Å².